The van der Waals surface area contributed by atoms with Crippen molar-refractivity contribution in [2.45, 2.75) is 13.0 Å². The minimum absolute atomic E-state index is 0.00542. The van der Waals surface area contributed by atoms with E-state index in [1.165, 1.54) is 0 Å². The summed E-state index contributed by atoms with van der Waals surface area (Å²) in [4.78, 5) is 13.8. The summed E-state index contributed by atoms with van der Waals surface area (Å²) in [5.74, 6) is 0.115. The quantitative estimate of drug-likeness (QED) is 0.810. The first-order chi connectivity index (χ1) is 8.70. The van der Waals surface area contributed by atoms with Gasteiger partial charge in [-0.25, -0.2) is 0 Å². The molecule has 94 valence electrons. The maximum Gasteiger partial charge on any atom is 0.228 e. The van der Waals surface area contributed by atoms with E-state index in [0.29, 0.717) is 25.3 Å². The summed E-state index contributed by atoms with van der Waals surface area (Å²) < 4.78 is 5.22. The van der Waals surface area contributed by atoms with Gasteiger partial charge in [-0.3, -0.25) is 4.79 Å². The average Bonchev–Trinajstić information content (AvgIpc) is 2.92. The second kappa shape index (κ2) is 5.65. The number of nitriles is 1. The summed E-state index contributed by atoms with van der Waals surface area (Å²) in [7, 11) is 1.79. The Kier molecular flexibility index (Phi) is 3.96. The molecule has 1 amide bonds. The van der Waals surface area contributed by atoms with Crippen LogP contribution in [0.4, 0.5) is 0 Å². The fourth-order valence-electron chi connectivity index (χ4n) is 2.13. The number of nitrogens with zero attached hydrogens (tertiary/aromatic N) is 2. The van der Waals surface area contributed by atoms with E-state index in [-0.39, 0.29) is 11.8 Å². The number of hydrogen-bond donors (Lipinski definition) is 0. The molecule has 1 saturated heterocycles. The van der Waals surface area contributed by atoms with Gasteiger partial charge in [-0.2, -0.15) is 5.26 Å². The van der Waals surface area contributed by atoms with Gasteiger partial charge in [-0.15, -0.1) is 0 Å². The molecule has 18 heavy (non-hydrogen) atoms. The Bertz CT molecular complexity index is 473. The first-order valence-corrected chi connectivity index (χ1v) is 6.02. The van der Waals surface area contributed by atoms with Crippen LogP contribution in [0.25, 0.3) is 0 Å². The van der Waals surface area contributed by atoms with Crippen LogP contribution < -0.4 is 0 Å². The maximum absolute atomic E-state index is 12.1. The van der Waals surface area contributed by atoms with Gasteiger partial charge >= 0.3 is 0 Å². The summed E-state index contributed by atoms with van der Waals surface area (Å²) in [5.41, 5.74) is 1.60. The lowest BCUT2D eigenvalue weighted by atomic mass is 10.1. The molecule has 0 bridgehead atoms. The standard InChI is InChI=1S/C14H16N2O2/c1-16(14(17)13-5-6-18-10-13)9-12-4-2-3-11(7-12)8-15/h2-4,7,13H,5-6,9-10H2,1H3. The van der Waals surface area contributed by atoms with E-state index < -0.39 is 0 Å². The SMILES string of the molecule is CN(Cc1cccc(C#N)c1)C(=O)C1CCOC1. The van der Waals surface area contributed by atoms with Crippen LogP contribution in [-0.4, -0.2) is 31.1 Å². The largest absolute Gasteiger partial charge is 0.381 e. The third-order valence-electron chi connectivity index (χ3n) is 3.13. The second-order valence-electron chi connectivity index (χ2n) is 4.57. The van der Waals surface area contributed by atoms with Crippen molar-refractivity contribution >= 4 is 5.91 Å². The lowest BCUT2D eigenvalue weighted by Crippen LogP contribution is -2.32. The fourth-order valence-corrected chi connectivity index (χ4v) is 2.13. The number of rotatable bonds is 3. The van der Waals surface area contributed by atoms with Crippen LogP contribution in [0.2, 0.25) is 0 Å². The lowest BCUT2D eigenvalue weighted by molar-refractivity contribution is -0.134. The molecule has 1 atom stereocenters. The molecule has 1 heterocycles. The lowest BCUT2D eigenvalue weighted by Gasteiger charge is -2.20. The molecule has 0 saturated carbocycles. The maximum atomic E-state index is 12.1. The van der Waals surface area contributed by atoms with Crippen molar-refractivity contribution in [1.29, 1.82) is 5.26 Å². The fraction of sp³-hybridized carbons (Fsp3) is 0.429. The third kappa shape index (κ3) is 2.88. The third-order valence-corrected chi connectivity index (χ3v) is 3.13. The Morgan fingerprint density at radius 1 is 1.61 bits per heavy atom. The molecule has 4 heteroatoms. The Morgan fingerprint density at radius 3 is 3.11 bits per heavy atom. The Morgan fingerprint density at radius 2 is 2.44 bits per heavy atom. The zero-order valence-corrected chi connectivity index (χ0v) is 10.4. The Balaban J connectivity index is 1.99. The Labute approximate surface area is 107 Å². The number of amides is 1. The van der Waals surface area contributed by atoms with E-state index in [1.807, 2.05) is 18.2 Å². The zero-order chi connectivity index (χ0) is 13.0. The van der Waals surface area contributed by atoms with Gasteiger partial charge in [0.15, 0.2) is 0 Å². The minimum Gasteiger partial charge on any atom is -0.381 e. The van der Waals surface area contributed by atoms with Crippen LogP contribution in [0.15, 0.2) is 24.3 Å². The summed E-state index contributed by atoms with van der Waals surface area (Å²) in [6, 6.07) is 9.44. The summed E-state index contributed by atoms with van der Waals surface area (Å²) >= 11 is 0. The monoisotopic (exact) mass is 244 g/mol. The predicted octanol–water partition coefficient (Wildman–Crippen LogP) is 1.55. The number of carbonyl (C=O) groups excluding carboxylic acids is 1. The van der Waals surface area contributed by atoms with Crippen LogP contribution in [-0.2, 0) is 16.1 Å². The van der Waals surface area contributed by atoms with Crippen LogP contribution in [0, 0.1) is 17.2 Å². The first-order valence-electron chi connectivity index (χ1n) is 6.02. The average molecular weight is 244 g/mol. The van der Waals surface area contributed by atoms with Gasteiger partial charge in [0, 0.05) is 20.2 Å². The van der Waals surface area contributed by atoms with Gasteiger partial charge in [0.2, 0.25) is 5.91 Å². The highest BCUT2D eigenvalue weighted by Gasteiger charge is 2.26. The first kappa shape index (κ1) is 12.6. The van der Waals surface area contributed by atoms with Gasteiger partial charge in [-0.1, -0.05) is 12.1 Å². The van der Waals surface area contributed by atoms with E-state index in [1.54, 1.807) is 18.0 Å². The van der Waals surface area contributed by atoms with E-state index in [0.717, 1.165) is 12.0 Å². The molecular formula is C14H16N2O2. The zero-order valence-electron chi connectivity index (χ0n) is 10.4. The van der Waals surface area contributed by atoms with E-state index in [4.69, 9.17) is 10.00 Å². The number of hydrogen-bond acceptors (Lipinski definition) is 3. The van der Waals surface area contributed by atoms with Crippen molar-refractivity contribution in [3.8, 4) is 6.07 Å². The van der Waals surface area contributed by atoms with Crippen molar-refractivity contribution in [3.63, 3.8) is 0 Å². The highest BCUT2D eigenvalue weighted by molar-refractivity contribution is 5.78. The number of carbonyl (C=O) groups is 1. The van der Waals surface area contributed by atoms with Crippen LogP contribution in [0.1, 0.15) is 17.5 Å². The molecule has 0 aromatic heterocycles. The van der Waals surface area contributed by atoms with Crippen molar-refractivity contribution < 1.29 is 9.53 Å². The molecule has 1 aromatic rings. The molecule has 0 radical (unpaired) electrons. The highest BCUT2D eigenvalue weighted by Crippen LogP contribution is 2.16. The molecule has 1 fully saturated rings. The van der Waals surface area contributed by atoms with Crippen molar-refractivity contribution in [1.82, 2.24) is 4.90 Å². The van der Waals surface area contributed by atoms with Gasteiger partial charge in [0.25, 0.3) is 0 Å². The van der Waals surface area contributed by atoms with Crippen molar-refractivity contribution in [3.05, 3.63) is 35.4 Å². The highest BCUT2D eigenvalue weighted by atomic mass is 16.5. The predicted molar refractivity (Wildman–Crippen MR) is 66.6 cm³/mol. The Hall–Kier alpha value is -1.86. The number of benzene rings is 1. The van der Waals surface area contributed by atoms with E-state index >= 15 is 0 Å². The summed E-state index contributed by atoms with van der Waals surface area (Å²) in [6.07, 6.45) is 0.807. The van der Waals surface area contributed by atoms with Crippen molar-refractivity contribution in [2.24, 2.45) is 5.92 Å². The molecule has 1 unspecified atom stereocenters. The normalized spacial score (nSPS) is 18.3. The second-order valence-corrected chi connectivity index (χ2v) is 4.57. The van der Waals surface area contributed by atoms with Crippen LogP contribution in [0.5, 0.6) is 0 Å². The van der Waals surface area contributed by atoms with Gasteiger partial charge in [0.05, 0.1) is 24.2 Å². The molecule has 0 N–H and O–H groups in total. The molecule has 4 nitrogen and oxygen atoms in total. The summed E-state index contributed by atoms with van der Waals surface area (Å²) in [6.45, 7) is 1.74. The van der Waals surface area contributed by atoms with E-state index in [2.05, 4.69) is 6.07 Å². The smallest absolute Gasteiger partial charge is 0.228 e. The number of ether oxygens (including phenoxy) is 1. The van der Waals surface area contributed by atoms with Gasteiger partial charge in [-0.05, 0) is 24.1 Å². The summed E-state index contributed by atoms with van der Waals surface area (Å²) in [5, 5.41) is 8.83. The molecule has 2 rings (SSSR count). The van der Waals surface area contributed by atoms with Gasteiger partial charge in [0.1, 0.15) is 0 Å². The molecular weight excluding hydrogens is 228 g/mol. The topological polar surface area (TPSA) is 53.3 Å². The molecule has 0 spiro atoms. The molecule has 1 aliphatic rings. The molecule has 1 aliphatic heterocycles. The van der Waals surface area contributed by atoms with Crippen LogP contribution in [0.3, 0.4) is 0 Å². The molecule has 0 aliphatic carbocycles. The van der Waals surface area contributed by atoms with Crippen molar-refractivity contribution in [2.75, 3.05) is 20.3 Å². The van der Waals surface area contributed by atoms with E-state index in [9.17, 15) is 4.79 Å². The minimum atomic E-state index is -0.00542. The van der Waals surface area contributed by atoms with Crippen LogP contribution >= 0.6 is 0 Å². The van der Waals surface area contributed by atoms with Gasteiger partial charge < -0.3 is 9.64 Å². The molecule has 1 aromatic carbocycles.